The highest BCUT2D eigenvalue weighted by Crippen LogP contribution is 2.34. The summed E-state index contributed by atoms with van der Waals surface area (Å²) in [6.07, 6.45) is 4.18. The third-order valence-electron chi connectivity index (χ3n) is 5.45. The Balaban J connectivity index is 1.81. The first kappa shape index (κ1) is 22.4. The molecule has 0 radical (unpaired) electrons. The lowest BCUT2D eigenvalue weighted by molar-refractivity contribution is -0.903. The number of rotatable bonds is 9. The summed E-state index contributed by atoms with van der Waals surface area (Å²) in [6.45, 7) is 12.4. The summed E-state index contributed by atoms with van der Waals surface area (Å²) in [5, 5.41) is 2.94. The maximum atomic E-state index is 12.4. The quantitative estimate of drug-likeness (QED) is 0.504. The molecule has 2 rings (SSSR count). The fourth-order valence-corrected chi connectivity index (χ4v) is 3.75. The van der Waals surface area contributed by atoms with Gasteiger partial charge in [0.15, 0.2) is 0 Å². The molecule has 1 heterocycles. The summed E-state index contributed by atoms with van der Waals surface area (Å²) in [4.78, 5) is 26.0. The zero-order chi connectivity index (χ0) is 20.5. The van der Waals surface area contributed by atoms with E-state index in [1.54, 1.807) is 4.90 Å². The van der Waals surface area contributed by atoms with Gasteiger partial charge in [-0.05, 0) is 42.2 Å². The number of likely N-dealkylation sites (tertiary alicyclic amines) is 1. The number of hydrogen-bond acceptors (Lipinski definition) is 3. The molecule has 0 saturated carbocycles. The highest BCUT2D eigenvalue weighted by molar-refractivity contribution is 5.82. The Morgan fingerprint density at radius 3 is 2.18 bits per heavy atom. The van der Waals surface area contributed by atoms with Crippen LogP contribution < -0.4 is 15.0 Å². The Bertz CT molecular complexity index is 623. The van der Waals surface area contributed by atoms with Crippen molar-refractivity contribution >= 4 is 11.9 Å². The Morgan fingerprint density at radius 2 is 1.61 bits per heavy atom. The van der Waals surface area contributed by atoms with Crippen molar-refractivity contribution in [1.29, 1.82) is 0 Å². The summed E-state index contributed by atoms with van der Waals surface area (Å²) < 4.78 is 5.73. The van der Waals surface area contributed by atoms with E-state index in [0.29, 0.717) is 12.3 Å². The van der Waals surface area contributed by atoms with E-state index < -0.39 is 0 Å². The van der Waals surface area contributed by atoms with Crippen LogP contribution in [0.5, 0.6) is 5.75 Å². The van der Waals surface area contributed by atoms with Crippen LogP contribution in [-0.4, -0.2) is 38.1 Å². The molecule has 1 aliphatic rings. The molecule has 1 fully saturated rings. The van der Waals surface area contributed by atoms with Gasteiger partial charge >= 0.3 is 5.97 Å². The third-order valence-corrected chi connectivity index (χ3v) is 5.45. The number of piperidine rings is 1. The molecule has 5 nitrogen and oxygen atoms in total. The molecule has 2 N–H and O–H groups in total. The Morgan fingerprint density at radius 1 is 1.00 bits per heavy atom. The zero-order valence-corrected chi connectivity index (χ0v) is 18.0. The average Bonchev–Trinajstić information content (AvgIpc) is 2.67. The molecular weight excluding hydrogens is 352 g/mol. The molecule has 1 saturated heterocycles. The summed E-state index contributed by atoms with van der Waals surface area (Å²) in [5.41, 5.74) is 2.07. The number of ether oxygens (including phenoxy) is 1. The van der Waals surface area contributed by atoms with E-state index in [2.05, 4.69) is 33.0 Å². The van der Waals surface area contributed by atoms with Crippen LogP contribution in [-0.2, 0) is 9.59 Å². The lowest BCUT2D eigenvalue weighted by Crippen LogP contribution is -3.13. The number of hydrogen-bond donors (Lipinski definition) is 2. The second kappa shape index (κ2) is 11.2. The Kier molecular flexibility index (Phi) is 8.97. The van der Waals surface area contributed by atoms with Crippen LogP contribution >= 0.6 is 0 Å². The number of esters is 1. The lowest BCUT2D eigenvalue weighted by Gasteiger charge is -2.23. The van der Waals surface area contributed by atoms with Gasteiger partial charge in [-0.1, -0.05) is 45.9 Å². The zero-order valence-electron chi connectivity index (χ0n) is 18.0. The smallest absolute Gasteiger partial charge is 0.311 e. The standard InChI is InChI=1S/C23H36N2O3/c1-17(2)19-9-8-10-20(18(3)4)23(19)28-22(27)12-11-21(26)24-13-16-25-14-6-5-7-15-25/h8-10,17-18H,5-7,11-16H2,1-4H3,(H,24,26)/p+1. The number of benzene rings is 1. The number of amides is 1. The van der Waals surface area contributed by atoms with E-state index in [9.17, 15) is 9.59 Å². The van der Waals surface area contributed by atoms with Gasteiger partial charge in [0.2, 0.25) is 5.91 Å². The number of carbonyl (C=O) groups excluding carboxylic acids is 2. The van der Waals surface area contributed by atoms with Gasteiger partial charge in [-0.15, -0.1) is 0 Å². The summed E-state index contributed by atoms with van der Waals surface area (Å²) in [6, 6.07) is 6.03. The minimum absolute atomic E-state index is 0.0745. The minimum Gasteiger partial charge on any atom is -0.426 e. The van der Waals surface area contributed by atoms with Gasteiger partial charge in [0.05, 0.1) is 32.6 Å². The van der Waals surface area contributed by atoms with E-state index in [0.717, 1.165) is 17.7 Å². The van der Waals surface area contributed by atoms with Crippen molar-refractivity contribution in [1.82, 2.24) is 5.32 Å². The number of nitrogens with one attached hydrogen (secondary N) is 2. The minimum atomic E-state index is -0.341. The van der Waals surface area contributed by atoms with Gasteiger partial charge in [0, 0.05) is 6.42 Å². The third kappa shape index (κ3) is 6.93. The fourth-order valence-electron chi connectivity index (χ4n) is 3.75. The molecule has 0 aliphatic carbocycles. The van der Waals surface area contributed by atoms with Gasteiger partial charge in [-0.2, -0.15) is 0 Å². The Labute approximate surface area is 169 Å². The van der Waals surface area contributed by atoms with Gasteiger partial charge in [0.1, 0.15) is 5.75 Å². The molecule has 156 valence electrons. The van der Waals surface area contributed by atoms with Crippen molar-refractivity contribution in [2.45, 2.75) is 71.6 Å². The van der Waals surface area contributed by atoms with Crippen molar-refractivity contribution in [3.8, 4) is 5.75 Å². The van der Waals surface area contributed by atoms with E-state index in [1.807, 2.05) is 18.2 Å². The SMILES string of the molecule is CC(C)c1cccc(C(C)C)c1OC(=O)CCC(=O)NCC[NH+]1CCCCC1. The second-order valence-electron chi connectivity index (χ2n) is 8.46. The second-order valence-corrected chi connectivity index (χ2v) is 8.46. The van der Waals surface area contributed by atoms with E-state index in [1.165, 1.54) is 32.4 Å². The molecule has 28 heavy (non-hydrogen) atoms. The topological polar surface area (TPSA) is 59.8 Å². The van der Waals surface area contributed by atoms with Gasteiger partial charge < -0.3 is 15.0 Å². The molecule has 1 aliphatic heterocycles. The number of carbonyl (C=O) groups is 2. The highest BCUT2D eigenvalue weighted by Gasteiger charge is 2.19. The van der Waals surface area contributed by atoms with E-state index in [-0.39, 0.29) is 36.6 Å². The van der Waals surface area contributed by atoms with Crippen molar-refractivity contribution in [3.05, 3.63) is 29.3 Å². The first-order chi connectivity index (χ1) is 13.4. The average molecular weight is 390 g/mol. The van der Waals surface area contributed by atoms with E-state index in [4.69, 9.17) is 4.74 Å². The number of para-hydroxylation sites is 1. The molecule has 0 bridgehead atoms. The molecule has 0 unspecified atom stereocenters. The van der Waals surface area contributed by atoms with Gasteiger partial charge in [-0.25, -0.2) is 0 Å². The monoisotopic (exact) mass is 389 g/mol. The van der Waals surface area contributed by atoms with Crippen molar-refractivity contribution in [3.63, 3.8) is 0 Å². The number of quaternary nitrogens is 1. The predicted octanol–water partition coefficient (Wildman–Crippen LogP) is 2.80. The molecule has 1 aromatic carbocycles. The summed E-state index contributed by atoms with van der Waals surface area (Å²) >= 11 is 0. The molecule has 0 atom stereocenters. The first-order valence-corrected chi connectivity index (χ1v) is 10.8. The Hall–Kier alpha value is -1.88. The van der Waals surface area contributed by atoms with Crippen molar-refractivity contribution in [2.24, 2.45) is 0 Å². The van der Waals surface area contributed by atoms with E-state index >= 15 is 0 Å². The van der Waals surface area contributed by atoms with Crippen molar-refractivity contribution < 1.29 is 19.2 Å². The normalized spacial score (nSPS) is 15.1. The largest absolute Gasteiger partial charge is 0.426 e. The fraction of sp³-hybridized carbons (Fsp3) is 0.652. The first-order valence-electron chi connectivity index (χ1n) is 10.8. The van der Waals surface area contributed by atoms with Crippen LogP contribution in [0.2, 0.25) is 0 Å². The molecule has 1 amide bonds. The molecule has 5 heteroatoms. The maximum Gasteiger partial charge on any atom is 0.311 e. The molecular formula is C23H37N2O3+. The van der Waals surface area contributed by atoms with Crippen LogP contribution in [0.25, 0.3) is 0 Å². The van der Waals surface area contributed by atoms with Crippen LogP contribution in [0.4, 0.5) is 0 Å². The molecule has 0 aromatic heterocycles. The van der Waals surface area contributed by atoms with Crippen LogP contribution in [0.1, 0.15) is 82.8 Å². The van der Waals surface area contributed by atoms with Crippen LogP contribution in [0.15, 0.2) is 18.2 Å². The summed E-state index contributed by atoms with van der Waals surface area (Å²) in [5.74, 6) is 0.789. The summed E-state index contributed by atoms with van der Waals surface area (Å²) in [7, 11) is 0. The molecule has 1 aromatic rings. The highest BCUT2D eigenvalue weighted by atomic mass is 16.5. The molecule has 0 spiro atoms. The predicted molar refractivity (Wildman–Crippen MR) is 112 cm³/mol. The van der Waals surface area contributed by atoms with Gasteiger partial charge in [-0.3, -0.25) is 9.59 Å². The van der Waals surface area contributed by atoms with Crippen LogP contribution in [0, 0.1) is 0 Å². The maximum absolute atomic E-state index is 12.4. The van der Waals surface area contributed by atoms with Crippen molar-refractivity contribution in [2.75, 3.05) is 26.2 Å². The van der Waals surface area contributed by atoms with Gasteiger partial charge in [0.25, 0.3) is 0 Å². The lowest BCUT2D eigenvalue weighted by atomic mass is 9.94. The van der Waals surface area contributed by atoms with Crippen LogP contribution in [0.3, 0.4) is 0 Å².